The molecule has 120 valence electrons. The van der Waals surface area contributed by atoms with Crippen LogP contribution in [-0.4, -0.2) is 22.4 Å². The van der Waals surface area contributed by atoms with Crippen LogP contribution in [0.1, 0.15) is 22.5 Å². The Balaban J connectivity index is 1.71. The second kappa shape index (κ2) is 7.33. The number of nitrogens with zero attached hydrogens (tertiary/aromatic N) is 1. The molecule has 0 aliphatic carbocycles. The predicted molar refractivity (Wildman–Crippen MR) is 97.5 cm³/mol. The summed E-state index contributed by atoms with van der Waals surface area (Å²) in [5, 5.41) is 16.9. The topological polar surface area (TPSA) is 58.1 Å². The van der Waals surface area contributed by atoms with Gasteiger partial charge < -0.3 is 9.84 Å². The Morgan fingerprint density at radius 3 is 2.50 bits per heavy atom. The molecular weight excluding hydrogens is 300 g/mol. The molecule has 0 atom stereocenters. The summed E-state index contributed by atoms with van der Waals surface area (Å²) in [6.07, 6.45) is 7.85. The van der Waals surface area contributed by atoms with Crippen LogP contribution in [-0.2, 0) is 0 Å². The van der Waals surface area contributed by atoms with Crippen molar-refractivity contribution in [2.45, 2.75) is 0 Å². The van der Waals surface area contributed by atoms with E-state index >= 15 is 0 Å². The quantitative estimate of drug-likeness (QED) is 0.730. The van der Waals surface area contributed by atoms with Crippen LogP contribution in [0.5, 0.6) is 11.5 Å². The number of phenolic OH excluding ortho intramolecular Hbond substituents is 1. The lowest BCUT2D eigenvalue weighted by atomic mass is 10.1. The van der Waals surface area contributed by atoms with Crippen LogP contribution in [0, 0.1) is 0 Å². The van der Waals surface area contributed by atoms with Crippen molar-refractivity contribution in [3.05, 3.63) is 77.1 Å². The Bertz CT molecular complexity index is 864. The SMILES string of the molecule is COc1cc(C=Cc2cc(/C=C/c3ccccc3)[nH]n2)ccc1O. The van der Waals surface area contributed by atoms with E-state index in [2.05, 4.69) is 10.2 Å². The van der Waals surface area contributed by atoms with E-state index < -0.39 is 0 Å². The normalized spacial score (nSPS) is 11.4. The molecule has 24 heavy (non-hydrogen) atoms. The number of rotatable bonds is 5. The number of ether oxygens (including phenoxy) is 1. The number of phenols is 1. The van der Waals surface area contributed by atoms with Gasteiger partial charge in [-0.3, -0.25) is 5.10 Å². The third-order valence-corrected chi connectivity index (χ3v) is 3.52. The lowest BCUT2D eigenvalue weighted by molar-refractivity contribution is 0.373. The number of hydrogen-bond acceptors (Lipinski definition) is 3. The molecule has 2 aromatic carbocycles. The molecule has 1 aromatic heterocycles. The van der Waals surface area contributed by atoms with Gasteiger partial charge >= 0.3 is 0 Å². The van der Waals surface area contributed by atoms with E-state index in [0.29, 0.717) is 5.75 Å². The van der Waals surface area contributed by atoms with Gasteiger partial charge in [0, 0.05) is 0 Å². The first-order valence-electron chi connectivity index (χ1n) is 7.58. The van der Waals surface area contributed by atoms with Crippen molar-refractivity contribution >= 4 is 24.3 Å². The number of aromatic nitrogens is 2. The van der Waals surface area contributed by atoms with Crippen LogP contribution in [0.4, 0.5) is 0 Å². The van der Waals surface area contributed by atoms with Crippen LogP contribution >= 0.6 is 0 Å². The molecule has 0 radical (unpaired) electrons. The maximum atomic E-state index is 9.60. The molecule has 0 unspecified atom stereocenters. The average Bonchev–Trinajstić information content (AvgIpc) is 3.08. The van der Waals surface area contributed by atoms with Crippen LogP contribution in [0.3, 0.4) is 0 Å². The molecule has 3 rings (SSSR count). The summed E-state index contributed by atoms with van der Waals surface area (Å²) in [5.41, 5.74) is 3.82. The molecule has 0 amide bonds. The van der Waals surface area contributed by atoms with Gasteiger partial charge in [-0.25, -0.2) is 0 Å². The third-order valence-electron chi connectivity index (χ3n) is 3.52. The maximum absolute atomic E-state index is 9.60. The highest BCUT2D eigenvalue weighted by molar-refractivity contribution is 5.72. The van der Waals surface area contributed by atoms with Gasteiger partial charge in [0.15, 0.2) is 11.5 Å². The zero-order chi connectivity index (χ0) is 16.8. The number of methoxy groups -OCH3 is 1. The fourth-order valence-electron chi connectivity index (χ4n) is 2.25. The van der Waals surface area contributed by atoms with Gasteiger partial charge in [0.05, 0.1) is 18.5 Å². The molecule has 0 saturated heterocycles. The molecule has 1 heterocycles. The van der Waals surface area contributed by atoms with Gasteiger partial charge in [0.1, 0.15) is 0 Å². The highest BCUT2D eigenvalue weighted by Crippen LogP contribution is 2.27. The lowest BCUT2D eigenvalue weighted by Crippen LogP contribution is -1.84. The van der Waals surface area contributed by atoms with Crippen LogP contribution in [0.15, 0.2) is 54.6 Å². The Kier molecular flexibility index (Phi) is 4.77. The minimum Gasteiger partial charge on any atom is -0.504 e. The zero-order valence-electron chi connectivity index (χ0n) is 13.3. The molecule has 0 aliphatic rings. The minimum absolute atomic E-state index is 0.128. The lowest BCUT2D eigenvalue weighted by Gasteiger charge is -2.03. The van der Waals surface area contributed by atoms with Crippen LogP contribution in [0.25, 0.3) is 24.3 Å². The van der Waals surface area contributed by atoms with Gasteiger partial charge in [0.2, 0.25) is 0 Å². The highest BCUT2D eigenvalue weighted by Gasteiger charge is 2.01. The third kappa shape index (κ3) is 3.93. The molecular formula is C20H18N2O2. The molecule has 0 spiro atoms. The second-order valence-electron chi connectivity index (χ2n) is 5.26. The first-order chi connectivity index (χ1) is 11.7. The number of aromatic amines is 1. The van der Waals surface area contributed by atoms with Crippen molar-refractivity contribution in [3.63, 3.8) is 0 Å². The summed E-state index contributed by atoms with van der Waals surface area (Å²) in [4.78, 5) is 0. The molecule has 3 aromatic rings. The summed E-state index contributed by atoms with van der Waals surface area (Å²) in [5.74, 6) is 0.577. The van der Waals surface area contributed by atoms with Crippen molar-refractivity contribution < 1.29 is 9.84 Å². The van der Waals surface area contributed by atoms with Crippen LogP contribution < -0.4 is 4.74 Å². The number of nitrogens with one attached hydrogen (secondary N) is 1. The van der Waals surface area contributed by atoms with E-state index in [1.165, 1.54) is 7.11 Å². The molecule has 4 nitrogen and oxygen atoms in total. The van der Waals surface area contributed by atoms with Gasteiger partial charge in [-0.2, -0.15) is 5.10 Å². The van der Waals surface area contributed by atoms with Crippen molar-refractivity contribution in [1.82, 2.24) is 10.2 Å². The molecule has 0 saturated carbocycles. The van der Waals surface area contributed by atoms with E-state index in [9.17, 15) is 5.11 Å². The Hall–Kier alpha value is -3.27. The number of H-pyrrole nitrogens is 1. The van der Waals surface area contributed by atoms with Crippen molar-refractivity contribution in [3.8, 4) is 11.5 Å². The molecule has 4 heteroatoms. The molecule has 2 N–H and O–H groups in total. The monoisotopic (exact) mass is 318 g/mol. The number of aromatic hydroxyl groups is 1. The van der Waals surface area contributed by atoms with Crippen LogP contribution in [0.2, 0.25) is 0 Å². The minimum atomic E-state index is 0.128. The van der Waals surface area contributed by atoms with E-state index in [4.69, 9.17) is 4.74 Å². The number of benzene rings is 2. The predicted octanol–water partition coefficient (Wildman–Crippen LogP) is 4.46. The first-order valence-corrected chi connectivity index (χ1v) is 7.58. The summed E-state index contributed by atoms with van der Waals surface area (Å²) in [6, 6.07) is 17.3. The molecule has 0 fully saturated rings. The Morgan fingerprint density at radius 2 is 1.71 bits per heavy atom. The second-order valence-corrected chi connectivity index (χ2v) is 5.26. The Morgan fingerprint density at radius 1 is 0.917 bits per heavy atom. The van der Waals surface area contributed by atoms with Gasteiger partial charge in [-0.05, 0) is 41.5 Å². The highest BCUT2D eigenvalue weighted by atomic mass is 16.5. The van der Waals surface area contributed by atoms with Crippen molar-refractivity contribution in [2.75, 3.05) is 7.11 Å². The van der Waals surface area contributed by atoms with E-state index in [1.807, 2.05) is 66.8 Å². The van der Waals surface area contributed by atoms with Gasteiger partial charge in [-0.15, -0.1) is 0 Å². The summed E-state index contributed by atoms with van der Waals surface area (Å²) in [6.45, 7) is 0. The molecule has 0 bridgehead atoms. The smallest absolute Gasteiger partial charge is 0.161 e. The largest absolute Gasteiger partial charge is 0.504 e. The summed E-state index contributed by atoms with van der Waals surface area (Å²) in [7, 11) is 1.53. The van der Waals surface area contributed by atoms with E-state index in [0.717, 1.165) is 22.5 Å². The first kappa shape index (κ1) is 15.6. The summed E-state index contributed by atoms with van der Waals surface area (Å²) < 4.78 is 5.10. The summed E-state index contributed by atoms with van der Waals surface area (Å²) >= 11 is 0. The standard InChI is InChI=1S/C20H18N2O2/c1-24-20-13-16(9-12-19(20)23)8-11-18-14-17(21-22-18)10-7-15-5-3-2-4-6-15/h2-14,23H,1H3,(H,21,22)/b10-7+,11-8?. The average molecular weight is 318 g/mol. The van der Waals surface area contributed by atoms with E-state index in [-0.39, 0.29) is 5.75 Å². The zero-order valence-corrected chi connectivity index (χ0v) is 13.3. The Labute approximate surface area is 140 Å². The van der Waals surface area contributed by atoms with Crippen molar-refractivity contribution in [1.29, 1.82) is 0 Å². The van der Waals surface area contributed by atoms with Crippen molar-refractivity contribution in [2.24, 2.45) is 0 Å². The van der Waals surface area contributed by atoms with Gasteiger partial charge in [-0.1, -0.05) is 48.6 Å². The molecule has 0 aliphatic heterocycles. The fourth-order valence-corrected chi connectivity index (χ4v) is 2.25. The fraction of sp³-hybridized carbons (Fsp3) is 0.0500. The van der Waals surface area contributed by atoms with E-state index in [1.54, 1.807) is 12.1 Å². The number of hydrogen-bond donors (Lipinski definition) is 2. The van der Waals surface area contributed by atoms with Gasteiger partial charge in [0.25, 0.3) is 0 Å². The maximum Gasteiger partial charge on any atom is 0.161 e.